The molecule has 8 heteroatoms. The molecule has 0 saturated carbocycles. The van der Waals surface area contributed by atoms with E-state index in [4.69, 9.17) is 11.6 Å². The van der Waals surface area contributed by atoms with Crippen molar-refractivity contribution in [3.63, 3.8) is 0 Å². The van der Waals surface area contributed by atoms with Gasteiger partial charge in [0.1, 0.15) is 5.82 Å². The predicted octanol–water partition coefficient (Wildman–Crippen LogP) is 3.05. The van der Waals surface area contributed by atoms with E-state index in [0.717, 1.165) is 30.5 Å². The molecule has 1 heterocycles. The summed E-state index contributed by atoms with van der Waals surface area (Å²) >= 11 is 5.86. The zero-order valence-electron chi connectivity index (χ0n) is 13.5. The summed E-state index contributed by atoms with van der Waals surface area (Å²) in [6, 6.07) is 3.68. The average molecular weight is 372 g/mol. The molecule has 0 bridgehead atoms. The third-order valence-electron chi connectivity index (χ3n) is 4.57. The molecule has 0 amide bonds. The molecule has 0 N–H and O–H groups in total. The highest BCUT2D eigenvalue weighted by molar-refractivity contribution is 7.88. The minimum absolute atomic E-state index is 0.0802. The second-order valence-electron chi connectivity index (χ2n) is 6.09. The van der Waals surface area contributed by atoms with E-state index in [-0.39, 0.29) is 11.6 Å². The van der Waals surface area contributed by atoms with Crippen LogP contribution in [0.25, 0.3) is 0 Å². The molecule has 0 radical (unpaired) electrons. The second-order valence-corrected chi connectivity index (χ2v) is 8.55. The van der Waals surface area contributed by atoms with Crippen LogP contribution >= 0.6 is 11.6 Å². The molecule has 0 aliphatic heterocycles. The summed E-state index contributed by atoms with van der Waals surface area (Å²) in [7, 11) is -0.284. The number of hydrogen-bond donors (Lipinski definition) is 0. The van der Waals surface area contributed by atoms with Gasteiger partial charge in [0.15, 0.2) is 0 Å². The number of aryl methyl sites for hydroxylation is 1. The Kier molecular flexibility index (Phi) is 4.68. The second kappa shape index (κ2) is 6.46. The number of nitrogens with zero attached hydrogens (tertiary/aromatic N) is 3. The minimum atomic E-state index is -3.69. The highest BCUT2D eigenvalue weighted by Crippen LogP contribution is 2.35. The van der Waals surface area contributed by atoms with E-state index in [1.165, 1.54) is 22.5 Å². The molecule has 5 nitrogen and oxygen atoms in total. The summed E-state index contributed by atoms with van der Waals surface area (Å²) in [4.78, 5) is 0. The van der Waals surface area contributed by atoms with Crippen molar-refractivity contribution >= 4 is 21.6 Å². The number of hydrogen-bond acceptors (Lipinski definition) is 3. The van der Waals surface area contributed by atoms with Gasteiger partial charge in [0.25, 0.3) is 0 Å². The Balaban J connectivity index is 1.89. The van der Waals surface area contributed by atoms with E-state index in [1.54, 1.807) is 17.9 Å². The molecule has 1 aliphatic carbocycles. The van der Waals surface area contributed by atoms with E-state index in [1.807, 2.05) is 7.05 Å². The number of aromatic nitrogens is 2. The molecule has 0 unspecified atom stereocenters. The van der Waals surface area contributed by atoms with Gasteiger partial charge in [0.05, 0.1) is 18.0 Å². The van der Waals surface area contributed by atoms with Crippen LogP contribution in [0, 0.1) is 5.82 Å². The van der Waals surface area contributed by atoms with Crippen LogP contribution in [0.1, 0.15) is 35.7 Å². The highest BCUT2D eigenvalue weighted by Gasteiger charge is 2.33. The molecule has 3 rings (SSSR count). The zero-order chi connectivity index (χ0) is 17.5. The van der Waals surface area contributed by atoms with Crippen molar-refractivity contribution < 1.29 is 12.8 Å². The Morgan fingerprint density at radius 2 is 2.21 bits per heavy atom. The summed E-state index contributed by atoms with van der Waals surface area (Å²) in [5.74, 6) is -0.982. The summed E-state index contributed by atoms with van der Waals surface area (Å²) in [6.07, 6.45) is 4.24. The fourth-order valence-corrected chi connectivity index (χ4v) is 4.83. The lowest BCUT2D eigenvalue weighted by molar-refractivity contribution is 0.334. The van der Waals surface area contributed by atoms with Gasteiger partial charge in [-0.1, -0.05) is 11.6 Å². The predicted molar refractivity (Wildman–Crippen MR) is 90.7 cm³/mol. The van der Waals surface area contributed by atoms with Gasteiger partial charge in [-0.05, 0) is 37.5 Å². The van der Waals surface area contributed by atoms with Crippen molar-refractivity contribution in [2.24, 2.45) is 7.05 Å². The van der Waals surface area contributed by atoms with Crippen LogP contribution in [0.5, 0.6) is 0 Å². The lowest BCUT2D eigenvalue weighted by atomic mass is 9.93. The van der Waals surface area contributed by atoms with Crippen LogP contribution in [-0.2, 0) is 29.2 Å². The molecule has 0 spiro atoms. The maximum absolute atomic E-state index is 13.9. The Labute approximate surface area is 146 Å². The molecule has 1 atom stereocenters. The maximum atomic E-state index is 13.9. The summed E-state index contributed by atoms with van der Waals surface area (Å²) < 4.78 is 42.6. The van der Waals surface area contributed by atoms with E-state index in [0.29, 0.717) is 5.02 Å². The van der Waals surface area contributed by atoms with Gasteiger partial charge >= 0.3 is 0 Å². The summed E-state index contributed by atoms with van der Waals surface area (Å²) in [5.41, 5.74) is 2.07. The quantitative estimate of drug-likeness (QED) is 0.830. The van der Waals surface area contributed by atoms with Crippen LogP contribution in [0.3, 0.4) is 0 Å². The third kappa shape index (κ3) is 3.20. The molecule has 1 aromatic carbocycles. The molecule has 2 aromatic rings. The van der Waals surface area contributed by atoms with Crippen LogP contribution in [0.15, 0.2) is 24.4 Å². The SMILES string of the molecule is CN([C@H]1CCCc2c1cnn2C)S(=O)(=O)Cc1cc(Cl)ccc1F. The lowest BCUT2D eigenvalue weighted by Gasteiger charge is -2.30. The van der Waals surface area contributed by atoms with Crippen LogP contribution in [0.2, 0.25) is 5.02 Å². The fourth-order valence-electron chi connectivity index (χ4n) is 3.21. The van der Waals surface area contributed by atoms with Crippen molar-refractivity contribution in [3.8, 4) is 0 Å². The van der Waals surface area contributed by atoms with Gasteiger partial charge in [0, 0.05) is 35.9 Å². The Morgan fingerprint density at radius 3 is 2.96 bits per heavy atom. The topological polar surface area (TPSA) is 55.2 Å². The maximum Gasteiger partial charge on any atom is 0.218 e. The standard InChI is InChI=1S/C16H19ClFN3O2S/c1-20-15-4-3-5-16(13(15)9-19-20)21(2)24(22,23)10-11-8-12(17)6-7-14(11)18/h6-9,16H,3-5,10H2,1-2H3/t16-/m0/s1. The van der Waals surface area contributed by atoms with E-state index in [2.05, 4.69) is 5.10 Å². The molecule has 24 heavy (non-hydrogen) atoms. The van der Waals surface area contributed by atoms with E-state index >= 15 is 0 Å². The number of halogens is 2. The van der Waals surface area contributed by atoms with Crippen molar-refractivity contribution in [2.45, 2.75) is 31.1 Å². The minimum Gasteiger partial charge on any atom is -0.272 e. The van der Waals surface area contributed by atoms with Crippen LogP contribution < -0.4 is 0 Å². The Hall–Kier alpha value is -1.44. The molecule has 0 saturated heterocycles. The lowest BCUT2D eigenvalue weighted by Crippen LogP contribution is -2.34. The number of sulfonamides is 1. The first kappa shape index (κ1) is 17.4. The first-order valence-electron chi connectivity index (χ1n) is 7.70. The van der Waals surface area contributed by atoms with Gasteiger partial charge in [0.2, 0.25) is 10.0 Å². The molecule has 1 aromatic heterocycles. The summed E-state index contributed by atoms with van der Waals surface area (Å²) in [5, 5.41) is 4.56. The Bertz CT molecular complexity index is 866. The smallest absolute Gasteiger partial charge is 0.218 e. The molecule has 130 valence electrons. The third-order valence-corrected chi connectivity index (χ3v) is 6.61. The largest absolute Gasteiger partial charge is 0.272 e. The van der Waals surface area contributed by atoms with Crippen LogP contribution in [-0.4, -0.2) is 29.6 Å². The van der Waals surface area contributed by atoms with Gasteiger partial charge in [-0.15, -0.1) is 0 Å². The van der Waals surface area contributed by atoms with Gasteiger partial charge in [-0.3, -0.25) is 4.68 Å². The van der Waals surface area contributed by atoms with Crippen molar-refractivity contribution in [3.05, 3.63) is 52.1 Å². The first-order chi connectivity index (χ1) is 11.3. The molecule has 1 aliphatic rings. The number of benzene rings is 1. The number of rotatable bonds is 4. The normalized spacial score (nSPS) is 18.0. The van der Waals surface area contributed by atoms with Gasteiger partial charge in [-0.25, -0.2) is 12.8 Å². The van der Waals surface area contributed by atoms with Crippen molar-refractivity contribution in [1.29, 1.82) is 0 Å². The zero-order valence-corrected chi connectivity index (χ0v) is 15.1. The molecular weight excluding hydrogens is 353 g/mol. The van der Waals surface area contributed by atoms with E-state index in [9.17, 15) is 12.8 Å². The van der Waals surface area contributed by atoms with Gasteiger partial charge < -0.3 is 0 Å². The van der Waals surface area contributed by atoms with Crippen LogP contribution in [0.4, 0.5) is 4.39 Å². The number of fused-ring (bicyclic) bond motifs is 1. The molecular formula is C16H19ClFN3O2S. The van der Waals surface area contributed by atoms with Gasteiger partial charge in [-0.2, -0.15) is 9.40 Å². The average Bonchev–Trinajstić information content (AvgIpc) is 2.91. The first-order valence-corrected chi connectivity index (χ1v) is 9.68. The van der Waals surface area contributed by atoms with Crippen molar-refractivity contribution in [2.75, 3.05) is 7.05 Å². The summed E-state index contributed by atoms with van der Waals surface area (Å²) in [6.45, 7) is 0. The highest BCUT2D eigenvalue weighted by atomic mass is 35.5. The monoisotopic (exact) mass is 371 g/mol. The van der Waals surface area contributed by atoms with Crippen molar-refractivity contribution in [1.82, 2.24) is 14.1 Å². The fraction of sp³-hybridized carbons (Fsp3) is 0.438. The van der Waals surface area contributed by atoms with E-state index < -0.39 is 21.6 Å². The molecule has 0 fully saturated rings. The Morgan fingerprint density at radius 1 is 1.46 bits per heavy atom.